The van der Waals surface area contributed by atoms with Gasteiger partial charge in [0.05, 0.1) is 11.0 Å². The molecule has 1 N–H and O–H groups in total. The maximum Gasteiger partial charge on any atom is 0.135 e. The predicted molar refractivity (Wildman–Crippen MR) is 94.9 cm³/mol. The van der Waals surface area contributed by atoms with Gasteiger partial charge in [0.2, 0.25) is 0 Å². The van der Waals surface area contributed by atoms with Crippen LogP contribution in [0.25, 0.3) is 22.2 Å². The monoisotopic (exact) mass is 340 g/mol. The normalized spacial score (nSPS) is 15.8. The highest BCUT2D eigenvalue weighted by molar-refractivity contribution is 5.85. The molecule has 3 aromatic rings. The first-order valence-corrected chi connectivity index (χ1v) is 8.63. The Morgan fingerprint density at radius 1 is 1.20 bits per heavy atom. The Morgan fingerprint density at radius 2 is 1.92 bits per heavy atom. The number of imidazole rings is 1. The van der Waals surface area contributed by atoms with E-state index in [1.54, 1.807) is 12.1 Å². The summed E-state index contributed by atoms with van der Waals surface area (Å²) in [6.07, 6.45) is 1.83. The van der Waals surface area contributed by atoms with E-state index in [9.17, 15) is 9.50 Å². The molecule has 130 valence electrons. The number of rotatable bonds is 3. The number of halogens is 1. The molecule has 1 saturated heterocycles. The van der Waals surface area contributed by atoms with Crippen LogP contribution in [0.2, 0.25) is 0 Å². The van der Waals surface area contributed by atoms with Crippen molar-refractivity contribution in [3.05, 3.63) is 53.6 Å². The number of aliphatic hydroxyl groups excluding tert-OH is 1. The standard InChI is InChI=1S/C20H21FN2O2/c1-13-10-18-19(11-17(13)14-2-4-15(21)5-3-14)23(20(12-24)22-18)16-6-8-25-9-7-16/h2-5,10-11,16,24H,6-9,12H2,1H3. The maximum absolute atomic E-state index is 13.3. The van der Waals surface area contributed by atoms with Gasteiger partial charge < -0.3 is 14.4 Å². The summed E-state index contributed by atoms with van der Waals surface area (Å²) < 4.78 is 20.9. The number of aliphatic hydroxyl groups is 1. The Bertz CT molecular complexity index is 896. The molecule has 0 saturated carbocycles. The molecule has 0 radical (unpaired) electrons. The minimum absolute atomic E-state index is 0.0863. The lowest BCUT2D eigenvalue weighted by Gasteiger charge is -2.25. The van der Waals surface area contributed by atoms with Crippen molar-refractivity contribution in [3.8, 4) is 11.1 Å². The SMILES string of the molecule is Cc1cc2nc(CO)n(C3CCOCC3)c2cc1-c1ccc(F)cc1. The van der Waals surface area contributed by atoms with Crippen molar-refractivity contribution in [2.75, 3.05) is 13.2 Å². The van der Waals surface area contributed by atoms with Gasteiger partial charge in [-0.2, -0.15) is 0 Å². The number of hydrogen-bond acceptors (Lipinski definition) is 3. The van der Waals surface area contributed by atoms with Crippen molar-refractivity contribution in [1.82, 2.24) is 9.55 Å². The summed E-state index contributed by atoms with van der Waals surface area (Å²) in [5.74, 6) is 0.454. The summed E-state index contributed by atoms with van der Waals surface area (Å²) in [5.41, 5.74) is 5.02. The topological polar surface area (TPSA) is 47.3 Å². The quantitative estimate of drug-likeness (QED) is 0.784. The second kappa shape index (κ2) is 6.58. The minimum atomic E-state index is -0.239. The number of ether oxygens (including phenoxy) is 1. The van der Waals surface area contributed by atoms with Crippen LogP contribution in [0.15, 0.2) is 36.4 Å². The fourth-order valence-electron chi connectivity index (χ4n) is 3.70. The van der Waals surface area contributed by atoms with Crippen LogP contribution in [-0.4, -0.2) is 27.9 Å². The van der Waals surface area contributed by atoms with E-state index in [1.165, 1.54) is 12.1 Å². The molecule has 25 heavy (non-hydrogen) atoms. The molecule has 1 aliphatic rings. The molecule has 0 atom stereocenters. The zero-order valence-corrected chi connectivity index (χ0v) is 14.2. The molecule has 1 aromatic heterocycles. The van der Waals surface area contributed by atoms with Crippen LogP contribution in [-0.2, 0) is 11.3 Å². The number of fused-ring (bicyclic) bond motifs is 1. The molecule has 0 bridgehead atoms. The van der Waals surface area contributed by atoms with Gasteiger partial charge in [0.25, 0.3) is 0 Å². The highest BCUT2D eigenvalue weighted by Gasteiger charge is 2.22. The van der Waals surface area contributed by atoms with Crippen LogP contribution in [0.5, 0.6) is 0 Å². The molecule has 4 rings (SSSR count). The van der Waals surface area contributed by atoms with Crippen LogP contribution in [0.3, 0.4) is 0 Å². The molecular weight excluding hydrogens is 319 g/mol. The molecule has 1 aliphatic heterocycles. The lowest BCUT2D eigenvalue weighted by atomic mass is 9.99. The number of benzene rings is 2. The molecule has 5 heteroatoms. The van der Waals surface area contributed by atoms with Crippen molar-refractivity contribution < 1.29 is 14.2 Å². The highest BCUT2D eigenvalue weighted by Crippen LogP contribution is 2.33. The first kappa shape index (κ1) is 16.2. The van der Waals surface area contributed by atoms with Gasteiger partial charge >= 0.3 is 0 Å². The Morgan fingerprint density at radius 3 is 2.60 bits per heavy atom. The maximum atomic E-state index is 13.3. The van der Waals surface area contributed by atoms with Gasteiger partial charge in [0.15, 0.2) is 0 Å². The largest absolute Gasteiger partial charge is 0.388 e. The van der Waals surface area contributed by atoms with E-state index in [4.69, 9.17) is 4.74 Å². The van der Waals surface area contributed by atoms with Crippen LogP contribution >= 0.6 is 0 Å². The second-order valence-electron chi connectivity index (χ2n) is 6.56. The van der Waals surface area contributed by atoms with Crippen LogP contribution < -0.4 is 0 Å². The fraction of sp³-hybridized carbons (Fsp3) is 0.350. The summed E-state index contributed by atoms with van der Waals surface area (Å²) in [7, 11) is 0. The van der Waals surface area contributed by atoms with E-state index in [0.29, 0.717) is 5.82 Å². The number of aromatic nitrogens is 2. The predicted octanol–water partition coefficient (Wildman–Crippen LogP) is 3.99. The van der Waals surface area contributed by atoms with E-state index in [0.717, 1.165) is 53.8 Å². The van der Waals surface area contributed by atoms with E-state index in [2.05, 4.69) is 15.6 Å². The summed E-state index contributed by atoms with van der Waals surface area (Å²) in [6, 6.07) is 11.0. The molecular formula is C20H21FN2O2. The Balaban J connectivity index is 1.89. The van der Waals surface area contributed by atoms with E-state index >= 15 is 0 Å². The van der Waals surface area contributed by atoms with E-state index in [1.807, 2.05) is 13.0 Å². The van der Waals surface area contributed by atoms with Crippen molar-refractivity contribution in [2.45, 2.75) is 32.4 Å². The Hall–Kier alpha value is -2.24. The number of nitrogens with zero attached hydrogens (tertiary/aromatic N) is 2. The molecule has 0 amide bonds. The van der Waals surface area contributed by atoms with Gasteiger partial charge in [-0.15, -0.1) is 0 Å². The lowest BCUT2D eigenvalue weighted by Crippen LogP contribution is -2.21. The zero-order valence-electron chi connectivity index (χ0n) is 14.2. The molecule has 0 aliphatic carbocycles. The minimum Gasteiger partial charge on any atom is -0.388 e. The molecule has 2 heterocycles. The molecule has 4 nitrogen and oxygen atoms in total. The molecule has 1 fully saturated rings. The third-order valence-corrected chi connectivity index (χ3v) is 4.96. The third kappa shape index (κ3) is 2.94. The third-order valence-electron chi connectivity index (χ3n) is 4.96. The zero-order chi connectivity index (χ0) is 17.4. The van der Waals surface area contributed by atoms with Crippen LogP contribution in [0, 0.1) is 12.7 Å². The number of aryl methyl sites for hydroxylation is 1. The van der Waals surface area contributed by atoms with Gasteiger partial charge in [0.1, 0.15) is 18.2 Å². The first-order chi connectivity index (χ1) is 12.2. The second-order valence-corrected chi connectivity index (χ2v) is 6.56. The average Bonchev–Trinajstić information content (AvgIpc) is 3.00. The van der Waals surface area contributed by atoms with Crippen LogP contribution in [0.1, 0.15) is 30.3 Å². The summed E-state index contributed by atoms with van der Waals surface area (Å²) in [4.78, 5) is 4.63. The summed E-state index contributed by atoms with van der Waals surface area (Å²) >= 11 is 0. The van der Waals surface area contributed by atoms with E-state index in [-0.39, 0.29) is 18.5 Å². The van der Waals surface area contributed by atoms with Gasteiger partial charge in [-0.3, -0.25) is 0 Å². The Labute approximate surface area is 145 Å². The molecule has 0 unspecified atom stereocenters. The number of hydrogen-bond donors (Lipinski definition) is 1. The highest BCUT2D eigenvalue weighted by atomic mass is 19.1. The van der Waals surface area contributed by atoms with Crippen molar-refractivity contribution in [1.29, 1.82) is 0 Å². The molecule has 2 aromatic carbocycles. The van der Waals surface area contributed by atoms with Gasteiger partial charge in [-0.05, 0) is 60.7 Å². The summed E-state index contributed by atoms with van der Waals surface area (Å²) in [5, 5.41) is 9.78. The van der Waals surface area contributed by atoms with Crippen molar-refractivity contribution >= 4 is 11.0 Å². The summed E-state index contributed by atoms with van der Waals surface area (Å²) in [6.45, 7) is 3.40. The van der Waals surface area contributed by atoms with Gasteiger partial charge in [0, 0.05) is 19.3 Å². The lowest BCUT2D eigenvalue weighted by molar-refractivity contribution is 0.0687. The van der Waals surface area contributed by atoms with Crippen LogP contribution in [0.4, 0.5) is 4.39 Å². The van der Waals surface area contributed by atoms with Crippen molar-refractivity contribution in [3.63, 3.8) is 0 Å². The van der Waals surface area contributed by atoms with Gasteiger partial charge in [-0.25, -0.2) is 9.37 Å². The fourth-order valence-corrected chi connectivity index (χ4v) is 3.70. The smallest absolute Gasteiger partial charge is 0.135 e. The Kier molecular flexibility index (Phi) is 4.27. The van der Waals surface area contributed by atoms with Crippen molar-refractivity contribution in [2.24, 2.45) is 0 Å². The van der Waals surface area contributed by atoms with E-state index < -0.39 is 0 Å². The first-order valence-electron chi connectivity index (χ1n) is 8.63. The van der Waals surface area contributed by atoms with Gasteiger partial charge in [-0.1, -0.05) is 12.1 Å². The molecule has 0 spiro atoms. The average molecular weight is 340 g/mol.